The number of benzene rings is 1. The fourth-order valence-corrected chi connectivity index (χ4v) is 4.69. The number of hydrogen-bond donors (Lipinski definition) is 2. The first kappa shape index (κ1) is 19.8. The fraction of sp³-hybridized carbons (Fsp3) is 0.412. The average molecular weight is 415 g/mol. The van der Waals surface area contributed by atoms with E-state index in [2.05, 4.69) is 10.5 Å². The highest BCUT2D eigenvalue weighted by molar-refractivity contribution is 7.89. The van der Waals surface area contributed by atoms with E-state index < -0.39 is 21.7 Å². The number of carbonyl (C=O) groups excluding carboxylic acids is 1. The Kier molecular flexibility index (Phi) is 6.13. The van der Waals surface area contributed by atoms with E-state index in [1.54, 1.807) is 12.3 Å². The topological polar surface area (TPSA) is 93.1 Å². The molecule has 10 heteroatoms. The summed E-state index contributed by atoms with van der Waals surface area (Å²) in [6, 6.07) is 4.24. The Morgan fingerprint density at radius 3 is 2.70 bits per heavy atom. The van der Waals surface area contributed by atoms with E-state index in [-0.39, 0.29) is 22.3 Å². The van der Waals surface area contributed by atoms with Gasteiger partial charge in [-0.25, -0.2) is 17.5 Å². The Labute approximate surface area is 161 Å². The number of amides is 1. The predicted octanol–water partition coefficient (Wildman–Crippen LogP) is 2.81. The third-order valence-electron chi connectivity index (χ3n) is 4.53. The zero-order valence-electron chi connectivity index (χ0n) is 14.5. The summed E-state index contributed by atoms with van der Waals surface area (Å²) in [5, 5.41) is 3.73. The van der Waals surface area contributed by atoms with Crippen LogP contribution in [-0.2, 0) is 10.0 Å². The summed E-state index contributed by atoms with van der Waals surface area (Å²) in [5.74, 6) is -1.86. The molecule has 0 bridgehead atoms. The summed E-state index contributed by atoms with van der Waals surface area (Å²) < 4.78 is 40.0. The van der Waals surface area contributed by atoms with Crippen LogP contribution in [0.4, 0.5) is 4.39 Å². The molecule has 1 saturated carbocycles. The molecule has 0 aliphatic heterocycles. The van der Waals surface area contributed by atoms with Crippen LogP contribution >= 0.6 is 11.6 Å². The van der Waals surface area contributed by atoms with Gasteiger partial charge in [-0.05, 0) is 37.0 Å². The van der Waals surface area contributed by atoms with E-state index in [1.807, 2.05) is 4.83 Å². The molecule has 7 nitrogen and oxygen atoms in total. The van der Waals surface area contributed by atoms with Crippen LogP contribution in [0.1, 0.15) is 42.5 Å². The molecule has 1 amide bonds. The number of carbonyl (C=O) groups is 1. The molecule has 0 spiro atoms. The van der Waals surface area contributed by atoms with Gasteiger partial charge in [-0.15, -0.1) is 4.83 Å². The molecular weight excluding hydrogens is 395 g/mol. The minimum atomic E-state index is -3.72. The van der Waals surface area contributed by atoms with Crippen molar-refractivity contribution in [3.63, 3.8) is 0 Å². The number of halogens is 2. The third kappa shape index (κ3) is 5.06. The van der Waals surface area contributed by atoms with Gasteiger partial charge in [0.05, 0.1) is 22.0 Å². The van der Waals surface area contributed by atoms with Crippen molar-refractivity contribution in [2.75, 3.05) is 5.75 Å². The third-order valence-corrected chi connectivity index (χ3v) is 6.12. The largest absolute Gasteiger partial charge is 0.274 e. The van der Waals surface area contributed by atoms with E-state index in [4.69, 9.17) is 11.6 Å². The van der Waals surface area contributed by atoms with Crippen molar-refractivity contribution < 1.29 is 17.6 Å². The summed E-state index contributed by atoms with van der Waals surface area (Å²) in [7, 11) is -3.72. The molecular formula is C17H20ClFN4O3S. The van der Waals surface area contributed by atoms with Gasteiger partial charge in [-0.2, -0.15) is 5.10 Å². The molecule has 0 radical (unpaired) electrons. The predicted molar refractivity (Wildman–Crippen MR) is 99.5 cm³/mol. The Hall–Kier alpha value is -1.97. The lowest BCUT2D eigenvalue weighted by Crippen LogP contribution is -2.44. The molecule has 1 aromatic carbocycles. The summed E-state index contributed by atoms with van der Waals surface area (Å²) >= 11 is 5.86. The van der Waals surface area contributed by atoms with Crippen molar-refractivity contribution in [2.45, 2.75) is 32.1 Å². The molecule has 2 N–H and O–H groups in total. The highest BCUT2D eigenvalue weighted by Crippen LogP contribution is 2.25. The van der Waals surface area contributed by atoms with Crippen LogP contribution in [-0.4, -0.2) is 29.9 Å². The van der Waals surface area contributed by atoms with Crippen LogP contribution in [0.3, 0.4) is 0 Å². The van der Waals surface area contributed by atoms with Gasteiger partial charge in [0.1, 0.15) is 0 Å². The van der Waals surface area contributed by atoms with Crippen LogP contribution in [0.5, 0.6) is 0 Å². The highest BCUT2D eigenvalue weighted by Gasteiger charge is 2.23. The summed E-state index contributed by atoms with van der Waals surface area (Å²) in [6.07, 6.45) is 7.98. The quantitative estimate of drug-likeness (QED) is 0.711. The van der Waals surface area contributed by atoms with Crippen molar-refractivity contribution in [3.05, 3.63) is 47.0 Å². The lowest BCUT2D eigenvalue weighted by Gasteiger charge is -2.21. The molecule has 1 aliphatic carbocycles. The lowest BCUT2D eigenvalue weighted by atomic mass is 9.91. The van der Waals surface area contributed by atoms with Gasteiger partial charge in [0.15, 0.2) is 5.82 Å². The number of aromatic nitrogens is 2. The number of sulfonamides is 1. The van der Waals surface area contributed by atoms with Gasteiger partial charge in [-0.3, -0.25) is 10.2 Å². The Balaban J connectivity index is 1.70. The van der Waals surface area contributed by atoms with Crippen molar-refractivity contribution >= 4 is 27.5 Å². The number of hydrogen-bond acceptors (Lipinski definition) is 4. The van der Waals surface area contributed by atoms with Crippen LogP contribution in [0.2, 0.25) is 5.02 Å². The monoisotopic (exact) mass is 414 g/mol. The minimum absolute atomic E-state index is 0.0656. The smallest absolute Gasteiger partial charge is 0.269 e. The van der Waals surface area contributed by atoms with Gasteiger partial charge in [0.25, 0.3) is 5.91 Å². The molecule has 1 aromatic heterocycles. The van der Waals surface area contributed by atoms with Crippen LogP contribution < -0.4 is 10.3 Å². The maximum Gasteiger partial charge on any atom is 0.269 e. The first-order valence-electron chi connectivity index (χ1n) is 8.64. The second-order valence-electron chi connectivity index (χ2n) is 6.58. The van der Waals surface area contributed by atoms with Gasteiger partial charge in [-0.1, -0.05) is 30.9 Å². The first-order valence-corrected chi connectivity index (χ1v) is 10.7. The molecule has 2 aromatic rings. The summed E-state index contributed by atoms with van der Waals surface area (Å²) in [5.41, 5.74) is 2.06. The number of rotatable bonds is 6. The Morgan fingerprint density at radius 2 is 2.04 bits per heavy atom. The molecule has 146 valence electrons. The fourth-order valence-electron chi connectivity index (χ4n) is 3.19. The molecule has 1 aliphatic rings. The SMILES string of the molecule is O=C(NNS(=O)(=O)CC1CCCCC1)c1cc(-n2cccn2)cc(Cl)c1F. The van der Waals surface area contributed by atoms with Gasteiger partial charge < -0.3 is 0 Å². The van der Waals surface area contributed by atoms with Crippen LogP contribution in [0.15, 0.2) is 30.6 Å². The highest BCUT2D eigenvalue weighted by atomic mass is 35.5. The molecule has 0 atom stereocenters. The lowest BCUT2D eigenvalue weighted by molar-refractivity contribution is 0.0941. The summed E-state index contributed by atoms with van der Waals surface area (Å²) in [6.45, 7) is 0. The van der Waals surface area contributed by atoms with Crippen molar-refractivity contribution in [3.8, 4) is 5.69 Å². The Morgan fingerprint density at radius 1 is 1.30 bits per heavy atom. The second kappa shape index (κ2) is 8.37. The Bertz CT molecular complexity index is 913. The molecule has 1 fully saturated rings. The number of hydrazine groups is 1. The van der Waals surface area contributed by atoms with Crippen molar-refractivity contribution in [2.24, 2.45) is 5.92 Å². The summed E-state index contributed by atoms with van der Waals surface area (Å²) in [4.78, 5) is 14.4. The maximum absolute atomic E-state index is 14.3. The minimum Gasteiger partial charge on any atom is -0.274 e. The van der Waals surface area contributed by atoms with Gasteiger partial charge in [0, 0.05) is 12.4 Å². The van der Waals surface area contributed by atoms with E-state index >= 15 is 0 Å². The zero-order chi connectivity index (χ0) is 19.4. The number of nitrogens with one attached hydrogen (secondary N) is 2. The maximum atomic E-state index is 14.3. The van der Waals surface area contributed by atoms with Crippen molar-refractivity contribution in [1.82, 2.24) is 20.0 Å². The van der Waals surface area contributed by atoms with E-state index in [0.29, 0.717) is 5.69 Å². The molecule has 0 unspecified atom stereocenters. The normalized spacial score (nSPS) is 15.6. The average Bonchev–Trinajstić information content (AvgIpc) is 3.17. The number of nitrogens with zero attached hydrogens (tertiary/aromatic N) is 2. The van der Waals surface area contributed by atoms with E-state index in [0.717, 1.165) is 32.1 Å². The molecule has 0 saturated heterocycles. The molecule has 27 heavy (non-hydrogen) atoms. The molecule has 1 heterocycles. The van der Waals surface area contributed by atoms with Crippen molar-refractivity contribution in [1.29, 1.82) is 0 Å². The second-order valence-corrected chi connectivity index (χ2v) is 8.76. The van der Waals surface area contributed by atoms with Gasteiger partial charge >= 0.3 is 0 Å². The standard InChI is InChI=1S/C17H20ClFN4O3S/c18-15-10-13(23-8-4-7-20-23)9-14(16(15)19)17(24)21-22-27(25,26)11-12-5-2-1-3-6-12/h4,7-10,12,22H,1-3,5-6,11H2,(H,21,24). The van der Waals surface area contributed by atoms with E-state index in [1.165, 1.54) is 23.0 Å². The van der Waals surface area contributed by atoms with Gasteiger partial charge in [0.2, 0.25) is 10.0 Å². The molecule has 3 rings (SSSR count). The van der Waals surface area contributed by atoms with Crippen LogP contribution in [0.25, 0.3) is 5.69 Å². The first-order chi connectivity index (χ1) is 12.9. The van der Waals surface area contributed by atoms with Crippen LogP contribution in [0, 0.1) is 11.7 Å². The van der Waals surface area contributed by atoms with E-state index in [9.17, 15) is 17.6 Å². The zero-order valence-corrected chi connectivity index (χ0v) is 16.1.